The highest BCUT2D eigenvalue weighted by atomic mass is 35.5. The van der Waals surface area contributed by atoms with Gasteiger partial charge >= 0.3 is 5.97 Å². The van der Waals surface area contributed by atoms with E-state index in [0.29, 0.717) is 22.5 Å². The Morgan fingerprint density at radius 2 is 1.45 bits per heavy atom. The second-order valence-electron chi connectivity index (χ2n) is 9.32. The maximum atomic E-state index is 13.1. The summed E-state index contributed by atoms with van der Waals surface area (Å²) in [6.45, 7) is 3.48. The summed E-state index contributed by atoms with van der Waals surface area (Å²) in [5, 5.41) is 7.49. The molecule has 0 saturated heterocycles. The maximum Gasteiger partial charge on any atom is 0.338 e. The number of nitrogens with one attached hydrogen (secondary N) is 2. The molecule has 0 spiro atoms. The number of carbonyl (C=O) groups excluding carboxylic acids is 4. The molecular formula is C31H24ClN3O5. The van der Waals surface area contributed by atoms with Crippen LogP contribution in [0.15, 0.2) is 102 Å². The Morgan fingerprint density at radius 1 is 0.800 bits per heavy atom. The standard InChI is InChI=1S/C31H24ClN3O5/c1-18(2)40-31(39)21-12-16-23(17-13-21)35-29(37)26(32)27(30(35)38)33-22-14-10-20(11-15-22)28(36)34-25-9-5-7-19-6-3-4-8-24(19)25/h3-18,33H,1-2H3,(H,34,36). The lowest BCUT2D eigenvalue weighted by molar-refractivity contribution is -0.120. The van der Waals surface area contributed by atoms with E-state index in [0.717, 1.165) is 15.7 Å². The SMILES string of the molecule is CC(C)OC(=O)c1ccc(N2C(=O)C(Cl)=C(Nc3ccc(C(=O)Nc4cccc5ccccc45)cc3)C2=O)cc1. The van der Waals surface area contributed by atoms with Crippen LogP contribution in [0.3, 0.4) is 0 Å². The minimum absolute atomic E-state index is 0.0945. The Kier molecular flexibility index (Phi) is 7.35. The molecule has 4 aromatic carbocycles. The second kappa shape index (κ2) is 11.0. The van der Waals surface area contributed by atoms with E-state index in [-0.39, 0.29) is 28.4 Å². The van der Waals surface area contributed by atoms with Gasteiger partial charge in [-0.15, -0.1) is 0 Å². The van der Waals surface area contributed by atoms with Crippen molar-refractivity contribution in [2.45, 2.75) is 20.0 Å². The maximum absolute atomic E-state index is 13.1. The van der Waals surface area contributed by atoms with Crippen LogP contribution in [0, 0.1) is 0 Å². The molecule has 4 aromatic rings. The third kappa shape index (κ3) is 5.30. The predicted molar refractivity (Wildman–Crippen MR) is 154 cm³/mol. The fourth-order valence-corrected chi connectivity index (χ4v) is 4.47. The topological polar surface area (TPSA) is 105 Å². The van der Waals surface area contributed by atoms with Crippen LogP contribution < -0.4 is 15.5 Å². The molecule has 1 aliphatic heterocycles. The smallest absolute Gasteiger partial charge is 0.338 e. The fourth-order valence-electron chi connectivity index (χ4n) is 4.25. The summed E-state index contributed by atoms with van der Waals surface area (Å²) in [6.07, 6.45) is -0.279. The summed E-state index contributed by atoms with van der Waals surface area (Å²) < 4.78 is 5.16. The first-order valence-electron chi connectivity index (χ1n) is 12.5. The molecule has 0 atom stereocenters. The van der Waals surface area contributed by atoms with Crippen LogP contribution in [0.25, 0.3) is 10.8 Å². The first kappa shape index (κ1) is 26.6. The molecule has 1 aliphatic rings. The van der Waals surface area contributed by atoms with Crippen molar-refractivity contribution < 1.29 is 23.9 Å². The lowest BCUT2D eigenvalue weighted by atomic mass is 10.1. The fraction of sp³-hybridized carbons (Fsp3) is 0.0968. The number of hydrogen-bond acceptors (Lipinski definition) is 6. The molecule has 200 valence electrons. The number of carbonyl (C=O) groups is 4. The number of hydrogen-bond donors (Lipinski definition) is 2. The molecule has 0 radical (unpaired) electrons. The van der Waals surface area contributed by atoms with Crippen LogP contribution in [0.1, 0.15) is 34.6 Å². The summed E-state index contributed by atoms with van der Waals surface area (Å²) in [4.78, 5) is 51.9. The Balaban J connectivity index is 1.28. The van der Waals surface area contributed by atoms with E-state index < -0.39 is 17.8 Å². The van der Waals surface area contributed by atoms with Crippen molar-refractivity contribution in [2.75, 3.05) is 15.5 Å². The summed E-state index contributed by atoms with van der Waals surface area (Å²) in [5.74, 6) is -2.14. The van der Waals surface area contributed by atoms with E-state index in [1.54, 1.807) is 38.1 Å². The van der Waals surface area contributed by atoms with Gasteiger partial charge in [0.25, 0.3) is 17.7 Å². The summed E-state index contributed by atoms with van der Waals surface area (Å²) in [7, 11) is 0. The van der Waals surface area contributed by atoms with Gasteiger partial charge in [0, 0.05) is 22.3 Å². The second-order valence-corrected chi connectivity index (χ2v) is 9.70. The quantitative estimate of drug-likeness (QED) is 0.212. The number of imide groups is 1. The molecule has 8 nitrogen and oxygen atoms in total. The minimum atomic E-state index is -0.697. The number of benzene rings is 4. The summed E-state index contributed by atoms with van der Waals surface area (Å²) >= 11 is 6.24. The third-order valence-corrected chi connectivity index (χ3v) is 6.54. The molecule has 0 aliphatic carbocycles. The van der Waals surface area contributed by atoms with E-state index in [1.807, 2.05) is 42.5 Å². The summed E-state index contributed by atoms with van der Waals surface area (Å²) in [5.41, 5.74) is 2.02. The van der Waals surface area contributed by atoms with Crippen LogP contribution in [0.5, 0.6) is 0 Å². The third-order valence-electron chi connectivity index (χ3n) is 6.19. The molecule has 0 aromatic heterocycles. The number of rotatable bonds is 7. The molecule has 0 bridgehead atoms. The first-order valence-corrected chi connectivity index (χ1v) is 12.9. The lowest BCUT2D eigenvalue weighted by Gasteiger charge is -2.16. The van der Waals surface area contributed by atoms with Crippen molar-refractivity contribution in [3.05, 3.63) is 113 Å². The zero-order valence-electron chi connectivity index (χ0n) is 21.6. The van der Waals surface area contributed by atoms with Crippen LogP contribution in [-0.2, 0) is 14.3 Å². The molecule has 0 saturated carbocycles. The molecule has 3 amide bonds. The van der Waals surface area contributed by atoms with Gasteiger partial charge in [-0.05, 0) is 73.8 Å². The molecule has 2 N–H and O–H groups in total. The zero-order chi connectivity index (χ0) is 28.4. The Morgan fingerprint density at radius 3 is 2.15 bits per heavy atom. The van der Waals surface area contributed by atoms with Crippen molar-refractivity contribution >= 4 is 63.1 Å². The van der Waals surface area contributed by atoms with Gasteiger partial charge in [-0.2, -0.15) is 0 Å². The number of nitrogens with zero attached hydrogens (tertiary/aromatic N) is 1. The molecule has 0 fully saturated rings. The van der Waals surface area contributed by atoms with Crippen molar-refractivity contribution in [1.82, 2.24) is 0 Å². The predicted octanol–water partition coefficient (Wildman–Crippen LogP) is 6.09. The van der Waals surface area contributed by atoms with E-state index >= 15 is 0 Å². The monoisotopic (exact) mass is 553 g/mol. The van der Waals surface area contributed by atoms with Crippen molar-refractivity contribution in [3.8, 4) is 0 Å². The Bertz CT molecular complexity index is 1670. The van der Waals surface area contributed by atoms with Gasteiger partial charge in [-0.25, -0.2) is 9.69 Å². The van der Waals surface area contributed by atoms with E-state index in [4.69, 9.17) is 16.3 Å². The molecule has 1 heterocycles. The number of halogens is 1. The molecule has 40 heavy (non-hydrogen) atoms. The highest BCUT2D eigenvalue weighted by Gasteiger charge is 2.39. The minimum Gasteiger partial charge on any atom is -0.459 e. The van der Waals surface area contributed by atoms with Gasteiger partial charge in [0.1, 0.15) is 10.7 Å². The molecular weight excluding hydrogens is 530 g/mol. The van der Waals surface area contributed by atoms with Crippen LogP contribution in [0.2, 0.25) is 0 Å². The van der Waals surface area contributed by atoms with Gasteiger partial charge in [0.15, 0.2) is 0 Å². The van der Waals surface area contributed by atoms with E-state index in [1.165, 1.54) is 24.3 Å². The summed E-state index contributed by atoms with van der Waals surface area (Å²) in [6, 6.07) is 25.8. The van der Waals surface area contributed by atoms with Gasteiger partial charge in [-0.1, -0.05) is 48.0 Å². The Labute approximate surface area is 235 Å². The number of ether oxygens (including phenoxy) is 1. The van der Waals surface area contributed by atoms with Crippen molar-refractivity contribution in [1.29, 1.82) is 0 Å². The van der Waals surface area contributed by atoms with E-state index in [9.17, 15) is 19.2 Å². The molecule has 5 rings (SSSR count). The largest absolute Gasteiger partial charge is 0.459 e. The number of esters is 1. The highest BCUT2D eigenvalue weighted by molar-refractivity contribution is 6.53. The van der Waals surface area contributed by atoms with Crippen LogP contribution >= 0.6 is 11.6 Å². The number of fused-ring (bicyclic) bond motifs is 1. The van der Waals surface area contributed by atoms with Gasteiger partial charge in [0.2, 0.25) is 0 Å². The molecule has 9 heteroatoms. The van der Waals surface area contributed by atoms with Crippen LogP contribution in [-0.4, -0.2) is 29.8 Å². The van der Waals surface area contributed by atoms with Crippen molar-refractivity contribution in [3.63, 3.8) is 0 Å². The first-order chi connectivity index (χ1) is 19.2. The van der Waals surface area contributed by atoms with Gasteiger partial charge < -0.3 is 15.4 Å². The molecule has 0 unspecified atom stereocenters. The number of anilines is 3. The van der Waals surface area contributed by atoms with Crippen molar-refractivity contribution in [2.24, 2.45) is 0 Å². The van der Waals surface area contributed by atoms with E-state index in [2.05, 4.69) is 10.6 Å². The lowest BCUT2D eigenvalue weighted by Crippen LogP contribution is -2.32. The van der Waals surface area contributed by atoms with Gasteiger partial charge in [0.05, 0.1) is 17.4 Å². The van der Waals surface area contributed by atoms with Gasteiger partial charge in [-0.3, -0.25) is 14.4 Å². The Hall–Kier alpha value is -4.95. The zero-order valence-corrected chi connectivity index (χ0v) is 22.4. The number of amides is 3. The normalized spacial score (nSPS) is 13.2. The highest BCUT2D eigenvalue weighted by Crippen LogP contribution is 2.31. The van der Waals surface area contributed by atoms with Crippen LogP contribution in [0.4, 0.5) is 17.1 Å². The average molecular weight is 554 g/mol. The average Bonchev–Trinajstić information content (AvgIpc) is 3.16.